The van der Waals surface area contributed by atoms with Gasteiger partial charge in [0.05, 0.1) is 36.6 Å². The molecule has 2 aliphatic rings. The monoisotopic (exact) mass is 366 g/mol. The summed E-state index contributed by atoms with van der Waals surface area (Å²) < 4.78 is 23.5. The molecule has 0 aromatic heterocycles. The highest BCUT2D eigenvalue weighted by Crippen LogP contribution is 2.37. The molecule has 0 aliphatic carbocycles. The van der Waals surface area contributed by atoms with Crippen LogP contribution in [-0.2, 0) is 24.3 Å². The van der Waals surface area contributed by atoms with Crippen LogP contribution in [0.1, 0.15) is 24.4 Å². The quantitative estimate of drug-likeness (QED) is 0.772. The van der Waals surface area contributed by atoms with Crippen molar-refractivity contribution in [3.8, 4) is 0 Å². The van der Waals surface area contributed by atoms with Gasteiger partial charge in [-0.25, -0.2) is 13.5 Å². The van der Waals surface area contributed by atoms with Crippen LogP contribution in [0.4, 0.5) is 0 Å². The summed E-state index contributed by atoms with van der Waals surface area (Å²) in [6.07, 6.45) is 0.719. The number of hydrogen-bond acceptors (Lipinski definition) is 5. The van der Waals surface area contributed by atoms with Crippen LogP contribution >= 0.6 is 0 Å². The lowest BCUT2D eigenvalue weighted by atomic mass is 9.84. The average Bonchev–Trinajstić information content (AvgIpc) is 2.78. The number of sulfone groups is 1. The molecule has 25 heavy (non-hydrogen) atoms. The van der Waals surface area contributed by atoms with Crippen molar-refractivity contribution in [2.45, 2.75) is 18.9 Å². The minimum atomic E-state index is -3.19. The van der Waals surface area contributed by atoms with Gasteiger partial charge in [0.25, 0.3) is 5.91 Å². The first-order valence-corrected chi connectivity index (χ1v) is 10.2. The van der Waals surface area contributed by atoms with Gasteiger partial charge in [0.2, 0.25) is 5.91 Å². The number of rotatable bonds is 2. The number of hydrogen-bond donors (Lipinski definition) is 0. The van der Waals surface area contributed by atoms with Crippen LogP contribution in [0.3, 0.4) is 0 Å². The van der Waals surface area contributed by atoms with Gasteiger partial charge in [-0.3, -0.25) is 14.4 Å². The van der Waals surface area contributed by atoms with Crippen LogP contribution in [-0.4, -0.2) is 61.9 Å². The summed E-state index contributed by atoms with van der Waals surface area (Å²) in [5, 5.41) is 1.18. The molecule has 2 heterocycles. The van der Waals surface area contributed by atoms with E-state index < -0.39 is 15.8 Å². The molecule has 8 heteroatoms. The fourth-order valence-corrected chi connectivity index (χ4v) is 4.40. The van der Waals surface area contributed by atoms with Crippen molar-refractivity contribution in [2.75, 3.05) is 31.7 Å². The average molecular weight is 366 g/mol. The molecule has 0 N–H and O–H groups in total. The summed E-state index contributed by atoms with van der Waals surface area (Å²) >= 11 is 0. The highest BCUT2D eigenvalue weighted by Gasteiger charge is 2.41. The Morgan fingerprint density at radius 3 is 2.64 bits per heavy atom. The fraction of sp³-hybridized carbons (Fsp3) is 0.529. The summed E-state index contributed by atoms with van der Waals surface area (Å²) in [4.78, 5) is 32.2. The molecular weight excluding hydrogens is 344 g/mol. The maximum Gasteiger partial charge on any atom is 0.251 e. The van der Waals surface area contributed by atoms with E-state index in [2.05, 4.69) is 0 Å². The van der Waals surface area contributed by atoms with Crippen molar-refractivity contribution in [2.24, 2.45) is 5.92 Å². The Morgan fingerprint density at radius 1 is 1.20 bits per heavy atom. The van der Waals surface area contributed by atoms with Crippen LogP contribution in [0.5, 0.6) is 0 Å². The van der Waals surface area contributed by atoms with E-state index in [1.54, 1.807) is 11.9 Å². The molecule has 1 aromatic carbocycles. The van der Waals surface area contributed by atoms with Gasteiger partial charge in [0.1, 0.15) is 0 Å². The van der Waals surface area contributed by atoms with Crippen molar-refractivity contribution < 1.29 is 22.8 Å². The first kappa shape index (κ1) is 17.9. The lowest BCUT2D eigenvalue weighted by Gasteiger charge is -2.40. The topological polar surface area (TPSA) is 84.0 Å². The normalized spacial score (nSPS) is 27.0. The number of carbonyl (C=O) groups excluding carboxylic acids is 2. The molecule has 7 nitrogen and oxygen atoms in total. The fourth-order valence-electron chi connectivity index (χ4n) is 3.42. The van der Waals surface area contributed by atoms with Crippen molar-refractivity contribution >= 4 is 21.7 Å². The van der Waals surface area contributed by atoms with Crippen LogP contribution in [0.15, 0.2) is 30.3 Å². The van der Waals surface area contributed by atoms with Gasteiger partial charge >= 0.3 is 0 Å². The van der Waals surface area contributed by atoms with E-state index in [1.807, 2.05) is 30.3 Å². The number of piperidine rings is 1. The molecule has 136 valence electrons. The van der Waals surface area contributed by atoms with Gasteiger partial charge in [0.15, 0.2) is 9.84 Å². The Hall–Kier alpha value is -1.93. The van der Waals surface area contributed by atoms with E-state index in [0.29, 0.717) is 12.8 Å². The Balaban J connectivity index is 1.85. The predicted molar refractivity (Wildman–Crippen MR) is 91.0 cm³/mol. The molecule has 2 fully saturated rings. The van der Waals surface area contributed by atoms with E-state index in [1.165, 1.54) is 5.06 Å². The number of benzene rings is 1. The van der Waals surface area contributed by atoms with Gasteiger partial charge < -0.3 is 4.90 Å². The molecule has 0 radical (unpaired) electrons. The Labute approximate surface area is 147 Å². The van der Waals surface area contributed by atoms with Crippen molar-refractivity contribution in [1.82, 2.24) is 9.96 Å². The number of amides is 2. The number of likely N-dealkylation sites (tertiary alicyclic amines) is 1. The van der Waals surface area contributed by atoms with Crippen LogP contribution in [0.2, 0.25) is 0 Å². The van der Waals surface area contributed by atoms with Gasteiger partial charge in [-0.1, -0.05) is 30.3 Å². The summed E-state index contributed by atoms with van der Waals surface area (Å²) in [6.45, 7) is 0.00238. The van der Waals surface area contributed by atoms with E-state index in [4.69, 9.17) is 4.84 Å². The second-order valence-electron chi connectivity index (χ2n) is 6.43. The summed E-state index contributed by atoms with van der Waals surface area (Å²) in [5.41, 5.74) is 0.888. The van der Waals surface area contributed by atoms with Gasteiger partial charge in [-0.15, -0.1) is 0 Å². The second kappa shape index (κ2) is 7.13. The minimum Gasteiger partial charge on any atom is -0.338 e. The molecule has 2 amide bonds. The first-order valence-electron chi connectivity index (χ1n) is 8.34. The molecule has 1 aromatic rings. The Kier molecular flexibility index (Phi) is 5.10. The standard InChI is InChI=1S/C17H22N2O5S/c1-18-15(20)8-7-14(16(18)13-5-3-2-4-6-13)17(21)19-9-11-25(22,23)12-10-24-19/h2-6,14,16H,7-12H2,1H3. The molecule has 2 atom stereocenters. The van der Waals surface area contributed by atoms with Gasteiger partial charge in [0, 0.05) is 13.5 Å². The van der Waals surface area contributed by atoms with E-state index in [-0.39, 0.29) is 42.5 Å². The zero-order valence-corrected chi connectivity index (χ0v) is 14.9. The Morgan fingerprint density at radius 2 is 1.92 bits per heavy atom. The molecule has 0 spiro atoms. The molecule has 2 aliphatic heterocycles. The summed E-state index contributed by atoms with van der Waals surface area (Å²) in [7, 11) is -1.48. The largest absolute Gasteiger partial charge is 0.338 e. The highest BCUT2D eigenvalue weighted by atomic mass is 32.2. The van der Waals surface area contributed by atoms with Crippen molar-refractivity contribution in [3.63, 3.8) is 0 Å². The third kappa shape index (κ3) is 3.85. The smallest absolute Gasteiger partial charge is 0.251 e. The number of nitrogens with zero attached hydrogens (tertiary/aromatic N) is 2. The molecule has 2 saturated heterocycles. The van der Waals surface area contributed by atoms with E-state index in [9.17, 15) is 18.0 Å². The SMILES string of the molecule is CN1C(=O)CCC(C(=O)N2CCS(=O)(=O)CCO2)C1c1ccccc1. The molecule has 3 rings (SSSR count). The molecule has 2 unspecified atom stereocenters. The predicted octanol–water partition coefficient (Wildman–Crippen LogP) is 0.785. The second-order valence-corrected chi connectivity index (χ2v) is 8.73. The van der Waals surface area contributed by atoms with Crippen LogP contribution in [0, 0.1) is 5.92 Å². The minimum absolute atomic E-state index is 0.00253. The third-order valence-electron chi connectivity index (χ3n) is 4.81. The maximum absolute atomic E-state index is 13.0. The molecule has 0 saturated carbocycles. The van der Waals surface area contributed by atoms with E-state index >= 15 is 0 Å². The van der Waals surface area contributed by atoms with Crippen molar-refractivity contribution in [1.29, 1.82) is 0 Å². The zero-order valence-electron chi connectivity index (χ0n) is 14.1. The van der Waals surface area contributed by atoms with Gasteiger partial charge in [-0.2, -0.15) is 0 Å². The summed E-state index contributed by atoms with van der Waals surface area (Å²) in [6, 6.07) is 9.05. The zero-order chi connectivity index (χ0) is 18.0. The lowest BCUT2D eigenvalue weighted by molar-refractivity contribution is -0.190. The maximum atomic E-state index is 13.0. The van der Waals surface area contributed by atoms with Crippen molar-refractivity contribution in [3.05, 3.63) is 35.9 Å². The van der Waals surface area contributed by atoms with Gasteiger partial charge in [-0.05, 0) is 12.0 Å². The first-order chi connectivity index (χ1) is 11.9. The van der Waals surface area contributed by atoms with Crippen LogP contribution in [0.25, 0.3) is 0 Å². The third-order valence-corrected chi connectivity index (χ3v) is 6.41. The van der Waals surface area contributed by atoms with E-state index in [0.717, 1.165) is 5.56 Å². The number of hydroxylamine groups is 2. The number of carbonyl (C=O) groups is 2. The Bertz CT molecular complexity index is 750. The highest BCUT2D eigenvalue weighted by molar-refractivity contribution is 7.91. The lowest BCUT2D eigenvalue weighted by Crippen LogP contribution is -2.48. The summed E-state index contributed by atoms with van der Waals surface area (Å²) in [5.74, 6) is -0.897. The molecular formula is C17H22N2O5S. The van der Waals surface area contributed by atoms with Crippen LogP contribution < -0.4 is 0 Å². The molecule has 0 bridgehead atoms.